The van der Waals surface area contributed by atoms with E-state index < -0.39 is 22.0 Å². The minimum absolute atomic E-state index is 0. The van der Waals surface area contributed by atoms with E-state index >= 15 is 0 Å². The molecule has 0 N–H and O–H groups in total. The van der Waals surface area contributed by atoms with Crippen LogP contribution in [0.5, 0.6) is 0 Å². The number of thiol groups is 1. The zero-order valence-electron chi connectivity index (χ0n) is 5.78. The van der Waals surface area contributed by atoms with E-state index in [4.69, 9.17) is 0 Å². The molecule has 1 atom stereocenters. The Morgan fingerprint density at radius 1 is 1.45 bits per heavy atom. The average molecular weight is 301 g/mol. The smallest absolute Gasteiger partial charge is 0.851 e. The number of rotatable bonds is 3. The largest absolute Gasteiger partial charge is 1.00 e. The molecule has 0 spiro atoms. The van der Waals surface area contributed by atoms with Crippen molar-refractivity contribution in [1.29, 1.82) is 0 Å². The van der Waals surface area contributed by atoms with E-state index in [0.29, 0.717) is 0 Å². The summed E-state index contributed by atoms with van der Waals surface area (Å²) in [5, 5.41) is 10.3. The first-order valence-electron chi connectivity index (χ1n) is 2.16. The normalized spacial score (nSPS) is 12.6. The van der Waals surface area contributed by atoms with Crippen molar-refractivity contribution in [3.05, 3.63) is 0 Å². The summed E-state index contributed by atoms with van der Waals surface area (Å²) >= 11 is 3.51. The molecule has 67 valence electrons. The molecule has 0 aliphatic carbocycles. The summed E-state index contributed by atoms with van der Waals surface area (Å²) in [7, 11) is -4.35. The van der Waals surface area contributed by atoms with Gasteiger partial charge in [-0.25, -0.2) is 8.42 Å². The molecule has 1 radical (unpaired) electrons. The summed E-state index contributed by atoms with van der Waals surface area (Å²) in [5.41, 5.74) is 0. The van der Waals surface area contributed by atoms with Crippen molar-refractivity contribution >= 4 is 52.3 Å². The summed E-state index contributed by atoms with van der Waals surface area (Å²) in [5.74, 6) is -0.988. The van der Waals surface area contributed by atoms with Crippen LogP contribution in [0.4, 0.5) is 0 Å². The van der Waals surface area contributed by atoms with E-state index in [1.165, 1.54) is 0 Å². The molecule has 0 saturated heterocycles. The van der Waals surface area contributed by atoms with Crippen molar-refractivity contribution in [2.45, 2.75) is 6.10 Å². The van der Waals surface area contributed by atoms with Gasteiger partial charge in [0, 0.05) is 35.3 Å². The summed E-state index contributed by atoms with van der Waals surface area (Å²) in [6.07, 6.45) is -1.39. The summed E-state index contributed by atoms with van der Waals surface area (Å²) in [6, 6.07) is 0. The zero-order valence-corrected chi connectivity index (χ0v) is 11.0. The Morgan fingerprint density at radius 3 is 1.91 bits per heavy atom. The van der Waals surface area contributed by atoms with Crippen LogP contribution in [0.25, 0.3) is 0 Å². The van der Waals surface area contributed by atoms with Crippen LogP contribution >= 0.6 is 12.6 Å². The van der Waals surface area contributed by atoms with Crippen LogP contribution in [0.15, 0.2) is 0 Å². The molecular weight excluding hydrogens is 295 g/mol. The van der Waals surface area contributed by atoms with Crippen LogP contribution in [0.2, 0.25) is 0 Å². The third-order valence-electron chi connectivity index (χ3n) is 0.594. The molecule has 0 aromatic heterocycles. The second kappa shape index (κ2) is 8.55. The van der Waals surface area contributed by atoms with Gasteiger partial charge >= 0.3 is 22.4 Å². The Balaban J connectivity index is -0.000000320. The summed E-state index contributed by atoms with van der Waals surface area (Å²) < 4.78 is 29.4. The number of hydrogen-bond donors (Lipinski definition) is 1. The molecule has 0 aliphatic heterocycles. The maximum atomic E-state index is 10.3. The Bertz CT molecular complexity index is 170. The SMILES string of the molecule is O=S(=O)([O-])CC([O-])CS.[Ag+].[Na]. The van der Waals surface area contributed by atoms with Gasteiger partial charge in [-0.2, -0.15) is 12.6 Å². The van der Waals surface area contributed by atoms with Gasteiger partial charge in [0.05, 0.1) is 10.1 Å². The standard InChI is InChI=1S/C3H7O4S2.Ag.Na/c4-3(1-8)2-9(5,6)7;;/h3,8H,1-2H2,(H,5,6,7);;/q-1;+1;/p-1. The third-order valence-corrected chi connectivity index (χ3v) is 1.78. The summed E-state index contributed by atoms with van der Waals surface area (Å²) in [6.45, 7) is 0. The maximum Gasteiger partial charge on any atom is 1.00 e. The van der Waals surface area contributed by atoms with Crippen molar-refractivity contribution in [2.24, 2.45) is 0 Å². The van der Waals surface area contributed by atoms with Gasteiger partial charge in [0.1, 0.15) is 0 Å². The van der Waals surface area contributed by atoms with Crippen LogP contribution in [0, 0.1) is 0 Å². The maximum absolute atomic E-state index is 10.3. The first-order chi connectivity index (χ1) is 3.95. The van der Waals surface area contributed by atoms with Crippen molar-refractivity contribution in [1.82, 2.24) is 0 Å². The molecule has 0 rings (SSSR count). The Hall–Kier alpha value is 1.96. The van der Waals surface area contributed by atoms with Crippen molar-refractivity contribution in [3.8, 4) is 0 Å². The van der Waals surface area contributed by atoms with Crippen LogP contribution in [-0.2, 0) is 32.5 Å². The van der Waals surface area contributed by atoms with Crippen LogP contribution in [0.3, 0.4) is 0 Å². The molecule has 0 aromatic rings. The van der Waals surface area contributed by atoms with Gasteiger partial charge in [0.25, 0.3) is 0 Å². The molecule has 0 fully saturated rings. The third kappa shape index (κ3) is 14.8. The predicted molar refractivity (Wildman–Crippen MR) is 38.0 cm³/mol. The predicted octanol–water partition coefficient (Wildman–Crippen LogP) is -2.19. The van der Waals surface area contributed by atoms with E-state index in [9.17, 15) is 18.1 Å². The number of hydrogen-bond acceptors (Lipinski definition) is 5. The minimum atomic E-state index is -4.35. The van der Waals surface area contributed by atoms with E-state index in [2.05, 4.69) is 12.6 Å². The molecule has 0 aromatic carbocycles. The quantitative estimate of drug-likeness (QED) is 0.365. The summed E-state index contributed by atoms with van der Waals surface area (Å²) in [4.78, 5) is 0. The fourth-order valence-corrected chi connectivity index (χ4v) is 1.16. The molecular formula is C3H6AgNaO4S2-. The molecule has 1 unspecified atom stereocenters. The van der Waals surface area contributed by atoms with Gasteiger partial charge in [0.15, 0.2) is 0 Å². The Kier molecular flexibility index (Phi) is 14.5. The molecule has 0 aliphatic rings. The molecule has 4 nitrogen and oxygen atoms in total. The molecule has 8 heteroatoms. The first-order valence-corrected chi connectivity index (χ1v) is 4.37. The Labute approximate surface area is 109 Å². The topological polar surface area (TPSA) is 80.3 Å². The van der Waals surface area contributed by atoms with Crippen molar-refractivity contribution in [2.75, 3.05) is 11.5 Å². The molecule has 0 saturated carbocycles. The van der Waals surface area contributed by atoms with E-state index in [1.54, 1.807) is 0 Å². The fraction of sp³-hybridized carbons (Fsp3) is 1.00. The van der Waals surface area contributed by atoms with Gasteiger partial charge in [0.2, 0.25) is 0 Å². The zero-order chi connectivity index (χ0) is 7.49. The van der Waals surface area contributed by atoms with Crippen molar-refractivity contribution < 1.29 is 40.5 Å². The molecule has 0 amide bonds. The molecule has 0 bridgehead atoms. The first kappa shape index (κ1) is 18.7. The van der Waals surface area contributed by atoms with Crippen molar-refractivity contribution in [3.63, 3.8) is 0 Å². The van der Waals surface area contributed by atoms with Gasteiger partial charge in [-0.15, -0.1) is 6.10 Å². The monoisotopic (exact) mass is 300 g/mol. The van der Waals surface area contributed by atoms with E-state index in [1.807, 2.05) is 0 Å². The van der Waals surface area contributed by atoms with Gasteiger partial charge in [-0.05, 0) is 5.75 Å². The van der Waals surface area contributed by atoms with Gasteiger partial charge in [-0.1, -0.05) is 0 Å². The minimum Gasteiger partial charge on any atom is -0.851 e. The Morgan fingerprint density at radius 2 is 1.82 bits per heavy atom. The van der Waals surface area contributed by atoms with Gasteiger partial charge in [-0.3, -0.25) is 0 Å². The van der Waals surface area contributed by atoms with Gasteiger partial charge < -0.3 is 9.66 Å². The van der Waals surface area contributed by atoms with Crippen LogP contribution in [-0.4, -0.2) is 60.1 Å². The average Bonchev–Trinajstić information content (AvgIpc) is 1.62. The fourth-order valence-electron chi connectivity index (χ4n) is 0.280. The van der Waals surface area contributed by atoms with E-state index in [0.717, 1.165) is 0 Å². The van der Waals surface area contributed by atoms with E-state index in [-0.39, 0.29) is 57.7 Å². The second-order valence-electron chi connectivity index (χ2n) is 1.53. The second-order valence-corrected chi connectivity index (χ2v) is 3.34. The van der Waals surface area contributed by atoms with Crippen LogP contribution in [0.1, 0.15) is 0 Å². The molecule has 11 heavy (non-hydrogen) atoms. The van der Waals surface area contributed by atoms with Crippen LogP contribution < -0.4 is 5.11 Å². The molecule has 0 heterocycles.